The van der Waals surface area contributed by atoms with Gasteiger partial charge in [-0.3, -0.25) is 4.79 Å². The van der Waals surface area contributed by atoms with Crippen molar-refractivity contribution < 1.29 is 28.2 Å². The number of rotatable bonds is 8. The first-order chi connectivity index (χ1) is 17.4. The van der Waals surface area contributed by atoms with Crippen LogP contribution in [0.4, 0.5) is 4.39 Å². The van der Waals surface area contributed by atoms with E-state index in [9.17, 15) is 9.59 Å². The molecule has 36 heavy (non-hydrogen) atoms. The molecule has 0 spiro atoms. The highest BCUT2D eigenvalue weighted by Crippen LogP contribution is 2.47. The Morgan fingerprint density at radius 2 is 1.83 bits per heavy atom. The van der Waals surface area contributed by atoms with Crippen LogP contribution in [0, 0.1) is 5.82 Å². The fourth-order valence-corrected chi connectivity index (χ4v) is 5.06. The van der Waals surface area contributed by atoms with Gasteiger partial charge in [0.15, 0.2) is 17.3 Å². The third kappa shape index (κ3) is 4.87. The van der Waals surface area contributed by atoms with Gasteiger partial charge in [-0.25, -0.2) is 9.18 Å². The molecule has 0 bridgehead atoms. The van der Waals surface area contributed by atoms with Gasteiger partial charge in [0, 0.05) is 29.0 Å². The van der Waals surface area contributed by atoms with Gasteiger partial charge in [0.25, 0.3) is 0 Å². The third-order valence-corrected chi connectivity index (χ3v) is 6.87. The number of allylic oxidation sites excluding steroid dienone is 3. The van der Waals surface area contributed by atoms with Crippen LogP contribution in [0.3, 0.4) is 0 Å². The molecule has 2 aromatic carbocycles. The van der Waals surface area contributed by atoms with Crippen LogP contribution in [-0.2, 0) is 14.3 Å². The number of unbranched alkanes of at least 4 members (excludes halogenated alkanes) is 1. The lowest BCUT2D eigenvalue weighted by Crippen LogP contribution is -2.36. The lowest BCUT2D eigenvalue weighted by Gasteiger charge is -2.36. The van der Waals surface area contributed by atoms with Crippen LogP contribution in [-0.4, -0.2) is 32.6 Å². The number of dihydropyridines is 1. The van der Waals surface area contributed by atoms with E-state index in [1.165, 1.54) is 6.07 Å². The lowest BCUT2D eigenvalue weighted by atomic mass is 9.71. The number of carbonyl (C=O) groups excluding carboxylic acids is 2. The Balaban J connectivity index is 1.75. The maximum atomic E-state index is 15.1. The lowest BCUT2D eigenvalue weighted by molar-refractivity contribution is -0.139. The van der Waals surface area contributed by atoms with Crippen LogP contribution in [0.1, 0.15) is 62.5 Å². The van der Waals surface area contributed by atoms with Crippen LogP contribution in [0.25, 0.3) is 0 Å². The molecule has 190 valence electrons. The fourth-order valence-electron chi connectivity index (χ4n) is 5.06. The van der Waals surface area contributed by atoms with Crippen molar-refractivity contribution >= 4 is 11.8 Å². The standard InChI is InChI=1S/C29H32FNO5/c1-5-6-13-36-29(33)26-17(2)31-22-14-19(18-11-12-24(34-3)25(16-18)35-4)15-23(32)28(22)27(26)20-9-7-8-10-21(20)30/h7-12,16,19,27,31H,5-6,13-15H2,1-4H3/t19-,27+/m0/s1. The second kappa shape index (κ2) is 11.0. The second-order valence-corrected chi connectivity index (χ2v) is 9.14. The number of nitrogens with one attached hydrogen (secondary N) is 1. The fraction of sp³-hybridized carbons (Fsp3) is 0.379. The Morgan fingerprint density at radius 1 is 1.08 bits per heavy atom. The van der Waals surface area contributed by atoms with Crippen LogP contribution < -0.4 is 14.8 Å². The number of ether oxygens (including phenoxy) is 3. The zero-order valence-corrected chi connectivity index (χ0v) is 21.2. The highest BCUT2D eigenvalue weighted by Gasteiger charge is 2.42. The van der Waals surface area contributed by atoms with E-state index in [-0.39, 0.29) is 30.3 Å². The maximum Gasteiger partial charge on any atom is 0.336 e. The molecule has 2 aromatic rings. The Bertz CT molecular complexity index is 1230. The quantitative estimate of drug-likeness (QED) is 0.384. The number of hydrogen-bond donors (Lipinski definition) is 1. The first-order valence-corrected chi connectivity index (χ1v) is 12.3. The summed E-state index contributed by atoms with van der Waals surface area (Å²) in [6, 6.07) is 12.0. The smallest absolute Gasteiger partial charge is 0.336 e. The van der Waals surface area contributed by atoms with Crippen LogP contribution >= 0.6 is 0 Å². The molecule has 4 rings (SSSR count). The number of methoxy groups -OCH3 is 2. The molecule has 1 heterocycles. The number of carbonyl (C=O) groups is 2. The largest absolute Gasteiger partial charge is 0.493 e. The molecule has 7 heteroatoms. The van der Waals surface area contributed by atoms with E-state index in [2.05, 4.69) is 5.32 Å². The molecule has 1 aliphatic heterocycles. The topological polar surface area (TPSA) is 73.9 Å². The van der Waals surface area contributed by atoms with Crippen molar-refractivity contribution in [3.63, 3.8) is 0 Å². The van der Waals surface area contributed by atoms with Crippen molar-refractivity contribution in [3.8, 4) is 11.5 Å². The van der Waals surface area contributed by atoms with Crippen molar-refractivity contribution in [3.05, 3.63) is 81.9 Å². The number of Topliss-reactive ketones (excluding diaryl/α,β-unsaturated/α-hetero) is 1. The van der Waals surface area contributed by atoms with Crippen molar-refractivity contribution in [1.82, 2.24) is 5.32 Å². The van der Waals surface area contributed by atoms with Gasteiger partial charge in [-0.05, 0) is 49.4 Å². The Hall–Kier alpha value is -3.61. The summed E-state index contributed by atoms with van der Waals surface area (Å²) >= 11 is 0. The minimum atomic E-state index is -0.824. The van der Waals surface area contributed by atoms with Crippen LogP contribution in [0.5, 0.6) is 11.5 Å². The van der Waals surface area contributed by atoms with Crippen LogP contribution in [0.15, 0.2) is 65.0 Å². The third-order valence-electron chi connectivity index (χ3n) is 6.87. The number of benzene rings is 2. The van der Waals surface area contributed by atoms with Crippen molar-refractivity contribution in [2.24, 2.45) is 0 Å². The number of ketones is 1. The van der Waals surface area contributed by atoms with Gasteiger partial charge in [0.05, 0.1) is 32.3 Å². The molecule has 1 N–H and O–H groups in total. The Morgan fingerprint density at radius 3 is 2.53 bits per heavy atom. The molecule has 1 aliphatic carbocycles. The molecule has 2 atom stereocenters. The molecule has 0 radical (unpaired) electrons. The molecule has 0 aromatic heterocycles. The van der Waals surface area contributed by atoms with E-state index in [0.29, 0.717) is 40.5 Å². The molecule has 0 saturated heterocycles. The number of halogens is 1. The average molecular weight is 494 g/mol. The zero-order valence-electron chi connectivity index (χ0n) is 21.2. The summed E-state index contributed by atoms with van der Waals surface area (Å²) < 4.78 is 31.4. The summed E-state index contributed by atoms with van der Waals surface area (Å²) in [5.74, 6) is -0.824. The highest BCUT2D eigenvalue weighted by molar-refractivity contribution is 6.04. The van der Waals surface area contributed by atoms with Gasteiger partial charge < -0.3 is 19.5 Å². The van der Waals surface area contributed by atoms with E-state index >= 15 is 4.39 Å². The summed E-state index contributed by atoms with van der Waals surface area (Å²) in [5, 5.41) is 3.30. The molecule has 0 unspecified atom stereocenters. The van der Waals surface area contributed by atoms with Gasteiger partial charge in [0.2, 0.25) is 0 Å². The highest BCUT2D eigenvalue weighted by atomic mass is 19.1. The summed E-state index contributed by atoms with van der Waals surface area (Å²) in [4.78, 5) is 26.8. The minimum absolute atomic E-state index is 0.101. The first kappa shape index (κ1) is 25.5. The van der Waals surface area contributed by atoms with Crippen molar-refractivity contribution in [1.29, 1.82) is 0 Å². The molecular weight excluding hydrogens is 461 g/mol. The second-order valence-electron chi connectivity index (χ2n) is 9.14. The van der Waals surface area contributed by atoms with Crippen molar-refractivity contribution in [2.45, 2.75) is 51.4 Å². The number of hydrogen-bond acceptors (Lipinski definition) is 6. The Labute approximate surface area is 211 Å². The van der Waals surface area contributed by atoms with Gasteiger partial charge >= 0.3 is 5.97 Å². The summed E-state index contributed by atoms with van der Waals surface area (Å²) in [6.07, 6.45) is 2.39. The summed E-state index contributed by atoms with van der Waals surface area (Å²) in [5.41, 5.74) is 3.25. The molecule has 0 fully saturated rings. The first-order valence-electron chi connectivity index (χ1n) is 12.3. The SMILES string of the molecule is CCCCOC(=O)C1=C(C)NC2=C(C(=O)C[C@@H](c3ccc(OC)c(OC)c3)C2)[C@@H]1c1ccccc1F. The normalized spacial score (nSPS) is 19.5. The van der Waals surface area contributed by atoms with Crippen LogP contribution in [0.2, 0.25) is 0 Å². The summed E-state index contributed by atoms with van der Waals surface area (Å²) in [6.45, 7) is 4.06. The predicted molar refractivity (Wildman–Crippen MR) is 134 cm³/mol. The monoisotopic (exact) mass is 493 g/mol. The van der Waals surface area contributed by atoms with E-state index < -0.39 is 17.7 Å². The molecule has 2 aliphatic rings. The van der Waals surface area contributed by atoms with Gasteiger partial charge in [-0.15, -0.1) is 0 Å². The zero-order chi connectivity index (χ0) is 25.8. The van der Waals surface area contributed by atoms with E-state index in [0.717, 1.165) is 18.4 Å². The molecule has 6 nitrogen and oxygen atoms in total. The van der Waals surface area contributed by atoms with E-state index in [1.54, 1.807) is 39.3 Å². The predicted octanol–water partition coefficient (Wildman–Crippen LogP) is 5.55. The maximum absolute atomic E-state index is 15.1. The van der Waals surface area contributed by atoms with Crippen molar-refractivity contribution in [2.75, 3.05) is 20.8 Å². The van der Waals surface area contributed by atoms with E-state index in [4.69, 9.17) is 14.2 Å². The van der Waals surface area contributed by atoms with Gasteiger partial charge in [0.1, 0.15) is 5.82 Å². The summed E-state index contributed by atoms with van der Waals surface area (Å²) in [7, 11) is 3.15. The Kier molecular flexibility index (Phi) is 7.77. The molecule has 0 saturated carbocycles. The van der Waals surface area contributed by atoms with E-state index in [1.807, 2.05) is 25.1 Å². The number of esters is 1. The minimum Gasteiger partial charge on any atom is -0.493 e. The van der Waals surface area contributed by atoms with Gasteiger partial charge in [-0.1, -0.05) is 37.6 Å². The van der Waals surface area contributed by atoms with Gasteiger partial charge in [-0.2, -0.15) is 0 Å². The molecule has 0 amide bonds. The molecular formula is C29H32FNO5. The average Bonchev–Trinajstić information content (AvgIpc) is 2.87.